The van der Waals surface area contributed by atoms with Gasteiger partial charge in [-0.25, -0.2) is 13.2 Å². The normalized spacial score (nSPS) is 11.9. The molecule has 0 aliphatic carbocycles. The van der Waals surface area contributed by atoms with Crippen molar-refractivity contribution in [3.63, 3.8) is 0 Å². The second-order valence-corrected chi connectivity index (χ2v) is 7.53. The first kappa shape index (κ1) is 16.2. The monoisotopic (exact) mass is 346 g/mol. The Morgan fingerprint density at radius 1 is 1.17 bits per heavy atom. The molecule has 0 aliphatic rings. The largest absolute Gasteiger partial charge is 0.478 e. The van der Waals surface area contributed by atoms with Gasteiger partial charge in [-0.05, 0) is 42.3 Å². The van der Waals surface area contributed by atoms with Crippen LogP contribution in [0.2, 0.25) is 0 Å². The molecule has 0 amide bonds. The number of carbonyl (C=O) groups is 1. The van der Waals surface area contributed by atoms with Crippen LogP contribution in [0.5, 0.6) is 0 Å². The van der Waals surface area contributed by atoms with Crippen molar-refractivity contribution >= 4 is 37.7 Å². The highest BCUT2D eigenvalue weighted by molar-refractivity contribution is 7.91. The first-order valence-corrected chi connectivity index (χ1v) is 9.08. The minimum atomic E-state index is -3.60. The Morgan fingerprint density at radius 3 is 2.46 bits per heavy atom. The summed E-state index contributed by atoms with van der Waals surface area (Å²) in [5.74, 6) is -1.16. The highest BCUT2D eigenvalue weighted by Gasteiger charge is 2.19. The predicted octanol–water partition coefficient (Wildman–Crippen LogP) is 2.61. The fraction of sp³-hybridized carbons (Fsp3) is 0.176. The van der Waals surface area contributed by atoms with Gasteiger partial charge in [0.25, 0.3) is 0 Å². The number of aryl methyl sites for hydroxylation is 1. The maximum Gasteiger partial charge on any atom is 0.335 e. The van der Waals surface area contributed by atoms with Gasteiger partial charge in [-0.3, -0.25) is 4.79 Å². The Morgan fingerprint density at radius 2 is 1.88 bits per heavy atom. The molecule has 0 atom stereocenters. The molecule has 3 aromatic rings. The van der Waals surface area contributed by atoms with Crippen LogP contribution < -0.4 is 5.43 Å². The summed E-state index contributed by atoms with van der Waals surface area (Å²) < 4.78 is 29.8. The summed E-state index contributed by atoms with van der Waals surface area (Å²) in [5, 5.41) is 9.31. The number of aromatic carboxylic acids is 1. The number of benzene rings is 2. The minimum Gasteiger partial charge on any atom is -0.478 e. The van der Waals surface area contributed by atoms with Crippen molar-refractivity contribution in [2.45, 2.75) is 18.2 Å². The standard InChI is InChI=1S/C17H14O6S/c1-3-9-6-12-15(18)11-8-10(17(19)20)4-5-13(11)23-16(12)14(7-9)24(2,21)22/h4-8H,3H2,1-2H3,(H,19,20). The van der Waals surface area contributed by atoms with Crippen LogP contribution in [0, 0.1) is 0 Å². The smallest absolute Gasteiger partial charge is 0.335 e. The van der Waals surface area contributed by atoms with Crippen LogP contribution in [0.25, 0.3) is 21.9 Å². The van der Waals surface area contributed by atoms with E-state index in [-0.39, 0.29) is 32.4 Å². The quantitative estimate of drug-likeness (QED) is 0.732. The van der Waals surface area contributed by atoms with E-state index < -0.39 is 21.2 Å². The summed E-state index contributed by atoms with van der Waals surface area (Å²) in [5.41, 5.74) is 0.338. The lowest BCUT2D eigenvalue weighted by Gasteiger charge is -2.08. The number of carboxylic acids is 1. The topological polar surface area (TPSA) is 102 Å². The van der Waals surface area contributed by atoms with Gasteiger partial charge in [0, 0.05) is 6.26 Å². The number of sulfone groups is 1. The Balaban J connectivity index is 2.54. The molecular formula is C17H14O6S. The third kappa shape index (κ3) is 2.56. The van der Waals surface area contributed by atoms with Crippen molar-refractivity contribution in [2.24, 2.45) is 0 Å². The lowest BCUT2D eigenvalue weighted by molar-refractivity contribution is 0.0697. The summed E-state index contributed by atoms with van der Waals surface area (Å²) in [6, 6.07) is 6.99. The lowest BCUT2D eigenvalue weighted by Crippen LogP contribution is -2.08. The van der Waals surface area contributed by atoms with Crippen molar-refractivity contribution < 1.29 is 22.7 Å². The summed E-state index contributed by atoms with van der Waals surface area (Å²) in [4.78, 5) is 23.8. The summed E-state index contributed by atoms with van der Waals surface area (Å²) >= 11 is 0. The average molecular weight is 346 g/mol. The van der Waals surface area contributed by atoms with E-state index in [0.717, 1.165) is 6.26 Å². The number of rotatable bonds is 3. The molecule has 0 aliphatic heterocycles. The molecule has 2 aromatic carbocycles. The van der Waals surface area contributed by atoms with E-state index in [1.807, 2.05) is 6.92 Å². The molecule has 0 bridgehead atoms. The molecule has 6 nitrogen and oxygen atoms in total. The molecule has 1 aromatic heterocycles. The van der Waals surface area contributed by atoms with Crippen molar-refractivity contribution in [1.29, 1.82) is 0 Å². The minimum absolute atomic E-state index is 0.00437. The van der Waals surface area contributed by atoms with E-state index in [2.05, 4.69) is 0 Å². The highest BCUT2D eigenvalue weighted by Crippen LogP contribution is 2.27. The molecule has 3 rings (SSSR count). The van der Waals surface area contributed by atoms with Gasteiger partial charge in [0.05, 0.1) is 16.3 Å². The van der Waals surface area contributed by atoms with Crippen molar-refractivity contribution in [2.75, 3.05) is 6.26 Å². The van der Waals surface area contributed by atoms with Gasteiger partial charge in [-0.1, -0.05) is 6.92 Å². The maximum atomic E-state index is 12.8. The molecule has 1 N–H and O–H groups in total. The molecule has 0 radical (unpaired) electrons. The van der Waals surface area contributed by atoms with Gasteiger partial charge < -0.3 is 9.52 Å². The second-order valence-electron chi connectivity index (χ2n) is 5.54. The first-order chi connectivity index (χ1) is 11.2. The van der Waals surface area contributed by atoms with Crippen molar-refractivity contribution in [1.82, 2.24) is 0 Å². The van der Waals surface area contributed by atoms with E-state index in [4.69, 9.17) is 9.52 Å². The number of carboxylic acid groups (broad SMARTS) is 1. The third-order valence-corrected chi connectivity index (χ3v) is 4.95. The zero-order valence-electron chi connectivity index (χ0n) is 13.0. The molecule has 0 spiro atoms. The first-order valence-electron chi connectivity index (χ1n) is 7.19. The number of fused-ring (bicyclic) bond motifs is 2. The molecular weight excluding hydrogens is 332 g/mol. The highest BCUT2D eigenvalue weighted by atomic mass is 32.2. The maximum absolute atomic E-state index is 12.8. The van der Waals surface area contributed by atoms with E-state index in [1.165, 1.54) is 24.3 Å². The SMILES string of the molecule is CCc1cc(S(C)(=O)=O)c2oc3ccc(C(=O)O)cc3c(=O)c2c1. The third-order valence-electron chi connectivity index (χ3n) is 3.85. The molecule has 124 valence electrons. The Bertz CT molecular complexity index is 1160. The Labute approximate surface area is 137 Å². The van der Waals surface area contributed by atoms with Crippen LogP contribution in [0.4, 0.5) is 0 Å². The van der Waals surface area contributed by atoms with Crippen LogP contribution >= 0.6 is 0 Å². The van der Waals surface area contributed by atoms with Crippen LogP contribution in [-0.4, -0.2) is 25.7 Å². The summed E-state index contributed by atoms with van der Waals surface area (Å²) in [6.45, 7) is 1.85. The van der Waals surface area contributed by atoms with Gasteiger partial charge in [0.1, 0.15) is 10.5 Å². The molecule has 0 saturated heterocycles. The zero-order chi connectivity index (χ0) is 17.6. The fourth-order valence-corrected chi connectivity index (χ4v) is 3.45. The van der Waals surface area contributed by atoms with Gasteiger partial charge >= 0.3 is 5.97 Å². The average Bonchev–Trinajstić information content (AvgIpc) is 2.53. The van der Waals surface area contributed by atoms with E-state index >= 15 is 0 Å². The van der Waals surface area contributed by atoms with Crippen LogP contribution in [0.15, 0.2) is 44.4 Å². The molecule has 0 fully saturated rings. The Hall–Kier alpha value is -2.67. The van der Waals surface area contributed by atoms with Gasteiger partial charge in [-0.2, -0.15) is 0 Å². The van der Waals surface area contributed by atoms with Crippen LogP contribution in [0.1, 0.15) is 22.8 Å². The fourth-order valence-electron chi connectivity index (χ4n) is 2.60. The van der Waals surface area contributed by atoms with Crippen molar-refractivity contribution in [3.05, 3.63) is 51.7 Å². The molecule has 0 unspecified atom stereocenters. The summed E-state index contributed by atoms with van der Waals surface area (Å²) in [7, 11) is -3.60. The molecule has 0 saturated carbocycles. The van der Waals surface area contributed by atoms with E-state index in [0.29, 0.717) is 12.0 Å². The van der Waals surface area contributed by atoms with E-state index in [1.54, 1.807) is 6.07 Å². The van der Waals surface area contributed by atoms with Gasteiger partial charge in [-0.15, -0.1) is 0 Å². The molecule has 24 heavy (non-hydrogen) atoms. The van der Waals surface area contributed by atoms with E-state index in [9.17, 15) is 18.0 Å². The van der Waals surface area contributed by atoms with Crippen LogP contribution in [0.3, 0.4) is 0 Å². The van der Waals surface area contributed by atoms with Gasteiger partial charge in [0.2, 0.25) is 5.43 Å². The van der Waals surface area contributed by atoms with Crippen molar-refractivity contribution in [3.8, 4) is 0 Å². The van der Waals surface area contributed by atoms with Gasteiger partial charge in [0.15, 0.2) is 15.4 Å². The molecule has 1 heterocycles. The lowest BCUT2D eigenvalue weighted by atomic mass is 10.1. The predicted molar refractivity (Wildman–Crippen MR) is 89.4 cm³/mol. The Kier molecular flexibility index (Phi) is 3.68. The molecule has 7 heteroatoms. The summed E-state index contributed by atoms with van der Waals surface area (Å²) in [6.07, 6.45) is 1.60. The number of hydrogen-bond donors (Lipinski definition) is 1. The zero-order valence-corrected chi connectivity index (χ0v) is 13.8. The number of hydrogen-bond acceptors (Lipinski definition) is 5. The second kappa shape index (κ2) is 5.45. The van der Waals surface area contributed by atoms with Crippen LogP contribution in [-0.2, 0) is 16.3 Å².